The summed E-state index contributed by atoms with van der Waals surface area (Å²) in [7, 11) is 2.17. The first-order valence-electron chi connectivity index (χ1n) is 9.33. The molecule has 4 bridgehead atoms. The van der Waals surface area contributed by atoms with Gasteiger partial charge in [-0.3, -0.25) is 4.90 Å². The SMILES string of the molecule is CN1CCN(CC(O)COC23CC4CC(CC(C4)C2)C3)CC1.Cl.Cl. The van der Waals surface area contributed by atoms with E-state index in [1.165, 1.54) is 38.5 Å². The molecule has 0 radical (unpaired) electrons. The fourth-order valence-corrected chi connectivity index (χ4v) is 5.86. The van der Waals surface area contributed by atoms with Gasteiger partial charge in [-0.05, 0) is 63.3 Å². The van der Waals surface area contributed by atoms with Crippen molar-refractivity contribution in [3.8, 4) is 0 Å². The molecule has 1 aliphatic heterocycles. The van der Waals surface area contributed by atoms with Crippen molar-refractivity contribution in [3.05, 3.63) is 0 Å². The molecule has 0 aromatic carbocycles. The molecule has 0 amide bonds. The molecule has 142 valence electrons. The first kappa shape index (κ1) is 20.7. The van der Waals surface area contributed by atoms with Crippen LogP contribution in [0.25, 0.3) is 0 Å². The van der Waals surface area contributed by atoms with E-state index < -0.39 is 0 Å². The minimum absolute atomic E-state index is 0. The number of hydrogen-bond acceptors (Lipinski definition) is 4. The fourth-order valence-electron chi connectivity index (χ4n) is 5.86. The second kappa shape index (κ2) is 8.41. The second-order valence-electron chi connectivity index (χ2n) is 8.67. The van der Waals surface area contributed by atoms with Gasteiger partial charge >= 0.3 is 0 Å². The lowest BCUT2D eigenvalue weighted by Gasteiger charge is -2.56. The molecule has 1 atom stereocenters. The van der Waals surface area contributed by atoms with Crippen LogP contribution in [0.3, 0.4) is 0 Å². The van der Waals surface area contributed by atoms with Crippen molar-refractivity contribution >= 4 is 24.8 Å². The van der Waals surface area contributed by atoms with Crippen LogP contribution in [0.5, 0.6) is 0 Å². The monoisotopic (exact) mass is 380 g/mol. The summed E-state index contributed by atoms with van der Waals surface area (Å²) < 4.78 is 6.38. The Kier molecular flexibility index (Phi) is 7.26. The van der Waals surface area contributed by atoms with E-state index in [1.807, 2.05) is 0 Å². The van der Waals surface area contributed by atoms with E-state index in [4.69, 9.17) is 4.74 Å². The van der Waals surface area contributed by atoms with Crippen LogP contribution in [0.1, 0.15) is 38.5 Å². The summed E-state index contributed by atoms with van der Waals surface area (Å²) in [4.78, 5) is 4.74. The largest absolute Gasteiger partial charge is 0.389 e. The number of halogens is 2. The molecule has 0 aromatic heterocycles. The van der Waals surface area contributed by atoms with Crippen LogP contribution in [-0.2, 0) is 4.74 Å². The second-order valence-corrected chi connectivity index (χ2v) is 8.67. The van der Waals surface area contributed by atoms with E-state index in [-0.39, 0.29) is 36.5 Å². The molecule has 6 heteroatoms. The first-order valence-corrected chi connectivity index (χ1v) is 9.33. The third-order valence-corrected chi connectivity index (χ3v) is 6.63. The van der Waals surface area contributed by atoms with E-state index >= 15 is 0 Å². The maximum absolute atomic E-state index is 10.4. The fraction of sp³-hybridized carbons (Fsp3) is 1.00. The van der Waals surface area contributed by atoms with Gasteiger partial charge in [0.05, 0.1) is 18.3 Å². The number of rotatable bonds is 5. The molecule has 4 nitrogen and oxygen atoms in total. The van der Waals surface area contributed by atoms with Crippen molar-refractivity contribution in [2.75, 3.05) is 46.4 Å². The lowest BCUT2D eigenvalue weighted by atomic mass is 9.54. The van der Waals surface area contributed by atoms with Crippen molar-refractivity contribution < 1.29 is 9.84 Å². The van der Waals surface area contributed by atoms with Crippen LogP contribution >= 0.6 is 24.8 Å². The highest BCUT2D eigenvalue weighted by molar-refractivity contribution is 5.85. The van der Waals surface area contributed by atoms with Crippen LogP contribution in [0, 0.1) is 17.8 Å². The number of aliphatic hydroxyl groups excluding tert-OH is 1. The molecule has 4 aliphatic carbocycles. The van der Waals surface area contributed by atoms with Gasteiger partial charge in [0.25, 0.3) is 0 Å². The predicted octanol–water partition coefficient (Wildman–Crippen LogP) is 2.42. The summed E-state index contributed by atoms with van der Waals surface area (Å²) in [5.74, 6) is 2.75. The van der Waals surface area contributed by atoms with Gasteiger partial charge in [0.2, 0.25) is 0 Å². The minimum Gasteiger partial charge on any atom is -0.389 e. The van der Waals surface area contributed by atoms with E-state index in [0.29, 0.717) is 6.61 Å². The van der Waals surface area contributed by atoms with Crippen LogP contribution in [0.2, 0.25) is 0 Å². The van der Waals surface area contributed by atoms with Crippen LogP contribution < -0.4 is 0 Å². The summed E-state index contributed by atoms with van der Waals surface area (Å²) in [6, 6.07) is 0. The number of hydrogen-bond donors (Lipinski definition) is 1. The van der Waals surface area contributed by atoms with Crippen molar-refractivity contribution in [2.24, 2.45) is 17.8 Å². The van der Waals surface area contributed by atoms with Crippen molar-refractivity contribution in [3.63, 3.8) is 0 Å². The van der Waals surface area contributed by atoms with Gasteiger partial charge in [-0.2, -0.15) is 0 Å². The van der Waals surface area contributed by atoms with Gasteiger partial charge < -0.3 is 14.7 Å². The van der Waals surface area contributed by atoms with Crippen LogP contribution in [0.15, 0.2) is 0 Å². The van der Waals surface area contributed by atoms with Gasteiger partial charge in [0, 0.05) is 32.7 Å². The highest BCUT2D eigenvalue weighted by Crippen LogP contribution is 2.57. The Morgan fingerprint density at radius 2 is 1.46 bits per heavy atom. The van der Waals surface area contributed by atoms with E-state index in [0.717, 1.165) is 50.5 Å². The summed E-state index contributed by atoms with van der Waals surface area (Å²) in [5, 5.41) is 10.4. The zero-order chi connectivity index (χ0) is 15.2. The maximum atomic E-state index is 10.4. The molecule has 24 heavy (non-hydrogen) atoms. The Balaban J connectivity index is 0.00000104. The molecule has 4 saturated carbocycles. The Hall–Kier alpha value is 0.420. The van der Waals surface area contributed by atoms with E-state index in [9.17, 15) is 5.11 Å². The summed E-state index contributed by atoms with van der Waals surface area (Å²) in [6.45, 7) is 5.69. The predicted molar refractivity (Wildman–Crippen MR) is 101 cm³/mol. The zero-order valence-electron chi connectivity index (χ0n) is 14.9. The molecule has 5 fully saturated rings. The normalized spacial score (nSPS) is 40.0. The average molecular weight is 381 g/mol. The van der Waals surface area contributed by atoms with E-state index in [1.54, 1.807) is 0 Å². The Bertz CT molecular complexity index is 367. The number of piperazine rings is 1. The Morgan fingerprint density at radius 3 is 1.96 bits per heavy atom. The number of ether oxygens (including phenoxy) is 1. The van der Waals surface area contributed by atoms with Gasteiger partial charge in [-0.25, -0.2) is 0 Å². The molecule has 0 aromatic rings. The van der Waals surface area contributed by atoms with Crippen LogP contribution in [-0.4, -0.2) is 73.0 Å². The lowest BCUT2D eigenvalue weighted by Crippen LogP contribution is -2.53. The van der Waals surface area contributed by atoms with Crippen LogP contribution in [0.4, 0.5) is 0 Å². The molecule has 0 spiro atoms. The molecule has 5 rings (SSSR count). The van der Waals surface area contributed by atoms with Crippen molar-refractivity contribution in [1.82, 2.24) is 9.80 Å². The number of aliphatic hydroxyl groups is 1. The Morgan fingerprint density at radius 1 is 0.958 bits per heavy atom. The molecule has 1 unspecified atom stereocenters. The first-order chi connectivity index (χ1) is 10.6. The Labute approximate surface area is 159 Å². The van der Waals surface area contributed by atoms with Crippen molar-refractivity contribution in [2.45, 2.75) is 50.2 Å². The quantitative estimate of drug-likeness (QED) is 0.794. The number of nitrogens with zero attached hydrogens (tertiary/aromatic N) is 2. The highest BCUT2D eigenvalue weighted by Gasteiger charge is 2.51. The standard InChI is InChI=1S/C18H32N2O2.2ClH/c1-19-2-4-20(5-3-19)12-17(21)13-22-18-9-14-6-15(10-18)8-16(7-14)11-18;;/h14-17,21H,2-13H2,1H3;2*1H. The van der Waals surface area contributed by atoms with Crippen molar-refractivity contribution in [1.29, 1.82) is 0 Å². The number of likely N-dealkylation sites (N-methyl/N-ethyl adjacent to an activating group) is 1. The van der Waals surface area contributed by atoms with Gasteiger partial charge in [0.1, 0.15) is 0 Å². The molecule has 1 saturated heterocycles. The number of β-amino-alcohol motifs (C(OH)–C–C–N with tert-alkyl or cyclic N) is 1. The third-order valence-electron chi connectivity index (χ3n) is 6.63. The molecule has 1 N–H and O–H groups in total. The minimum atomic E-state index is -0.323. The summed E-state index contributed by atoms with van der Waals surface area (Å²) >= 11 is 0. The highest BCUT2D eigenvalue weighted by atomic mass is 35.5. The summed E-state index contributed by atoms with van der Waals surface area (Å²) in [5.41, 5.74) is 0.137. The average Bonchev–Trinajstić information content (AvgIpc) is 2.46. The van der Waals surface area contributed by atoms with Gasteiger partial charge in [-0.1, -0.05) is 0 Å². The topological polar surface area (TPSA) is 35.9 Å². The summed E-state index contributed by atoms with van der Waals surface area (Å²) in [6.07, 6.45) is 7.82. The van der Waals surface area contributed by atoms with Gasteiger partial charge in [0.15, 0.2) is 0 Å². The smallest absolute Gasteiger partial charge is 0.0900 e. The van der Waals surface area contributed by atoms with Gasteiger partial charge in [-0.15, -0.1) is 24.8 Å². The zero-order valence-corrected chi connectivity index (χ0v) is 16.5. The molecular formula is C18H34Cl2N2O2. The third kappa shape index (κ3) is 4.57. The lowest BCUT2D eigenvalue weighted by molar-refractivity contribution is -0.176. The van der Waals surface area contributed by atoms with E-state index in [2.05, 4.69) is 16.8 Å². The molecule has 5 aliphatic rings. The molecule has 1 heterocycles. The maximum Gasteiger partial charge on any atom is 0.0900 e. The molecular weight excluding hydrogens is 347 g/mol.